The van der Waals surface area contributed by atoms with E-state index in [4.69, 9.17) is 9.15 Å². The minimum Gasteiger partial charge on any atom is -0.449 e. The summed E-state index contributed by atoms with van der Waals surface area (Å²) in [4.78, 5) is 27.7. The van der Waals surface area contributed by atoms with Gasteiger partial charge in [0.2, 0.25) is 5.89 Å². The summed E-state index contributed by atoms with van der Waals surface area (Å²) in [6, 6.07) is 7.30. The largest absolute Gasteiger partial charge is 0.449 e. The van der Waals surface area contributed by atoms with Gasteiger partial charge in [-0.15, -0.1) is 0 Å². The van der Waals surface area contributed by atoms with E-state index in [1.54, 1.807) is 6.07 Å². The van der Waals surface area contributed by atoms with E-state index in [-0.39, 0.29) is 5.91 Å². The number of ether oxygens (including phenoxy) is 1. The molecule has 2 rings (SSSR count). The number of nitrogens with one attached hydrogen (secondary N) is 1. The predicted molar refractivity (Wildman–Crippen MR) is 86.4 cm³/mol. The quantitative estimate of drug-likeness (QED) is 0.654. The van der Waals surface area contributed by atoms with Crippen molar-refractivity contribution < 1.29 is 18.7 Å². The average molecular weight is 316 g/mol. The zero-order valence-electron chi connectivity index (χ0n) is 13.4. The topological polar surface area (TPSA) is 81.4 Å². The summed E-state index contributed by atoms with van der Waals surface area (Å²) in [5.74, 6) is -0.303. The molecule has 6 nitrogen and oxygen atoms in total. The number of aromatic nitrogens is 1. The van der Waals surface area contributed by atoms with Crippen LogP contribution in [0, 0.1) is 5.92 Å². The van der Waals surface area contributed by atoms with Crippen molar-refractivity contribution in [2.45, 2.75) is 26.9 Å². The first-order chi connectivity index (χ1) is 11.0. The Morgan fingerprint density at radius 1 is 1.30 bits per heavy atom. The molecule has 122 valence electrons. The van der Waals surface area contributed by atoms with Gasteiger partial charge in [0.15, 0.2) is 11.7 Å². The van der Waals surface area contributed by atoms with E-state index in [1.165, 1.54) is 19.1 Å². The van der Waals surface area contributed by atoms with Crippen molar-refractivity contribution in [1.29, 1.82) is 0 Å². The zero-order valence-corrected chi connectivity index (χ0v) is 13.4. The molecule has 1 aromatic heterocycles. The molecular weight excluding hydrogens is 296 g/mol. The minimum atomic E-state index is -0.852. The van der Waals surface area contributed by atoms with Crippen molar-refractivity contribution in [2.75, 3.05) is 6.54 Å². The first-order valence-electron chi connectivity index (χ1n) is 7.47. The van der Waals surface area contributed by atoms with Crippen LogP contribution in [-0.4, -0.2) is 29.5 Å². The van der Waals surface area contributed by atoms with Gasteiger partial charge in [-0.1, -0.05) is 26.0 Å². The van der Waals surface area contributed by atoms with Gasteiger partial charge in [-0.25, -0.2) is 9.78 Å². The van der Waals surface area contributed by atoms with E-state index in [0.717, 1.165) is 0 Å². The molecule has 1 aromatic carbocycles. The summed E-state index contributed by atoms with van der Waals surface area (Å²) >= 11 is 0. The third kappa shape index (κ3) is 4.95. The Kier molecular flexibility index (Phi) is 5.51. The maximum absolute atomic E-state index is 11.7. The van der Waals surface area contributed by atoms with Gasteiger partial charge in [0, 0.05) is 18.7 Å². The molecule has 0 spiro atoms. The molecule has 0 saturated carbocycles. The van der Waals surface area contributed by atoms with Gasteiger partial charge >= 0.3 is 5.97 Å². The molecule has 0 aliphatic heterocycles. The third-order valence-electron chi connectivity index (χ3n) is 3.02. The highest BCUT2D eigenvalue weighted by Gasteiger charge is 2.16. The molecule has 1 atom stereocenters. The maximum atomic E-state index is 11.7. The predicted octanol–water partition coefficient (Wildman–Crippen LogP) is 2.54. The van der Waals surface area contributed by atoms with E-state index in [1.807, 2.05) is 32.0 Å². The Balaban J connectivity index is 1.89. The van der Waals surface area contributed by atoms with Crippen molar-refractivity contribution in [2.24, 2.45) is 5.92 Å². The van der Waals surface area contributed by atoms with Gasteiger partial charge < -0.3 is 14.5 Å². The van der Waals surface area contributed by atoms with Gasteiger partial charge in [-0.3, -0.25) is 4.79 Å². The van der Waals surface area contributed by atoms with Crippen molar-refractivity contribution >= 4 is 29.1 Å². The van der Waals surface area contributed by atoms with Crippen LogP contribution in [0.3, 0.4) is 0 Å². The lowest BCUT2D eigenvalue weighted by Gasteiger charge is -2.13. The summed E-state index contributed by atoms with van der Waals surface area (Å²) in [6.07, 6.45) is 1.76. The van der Waals surface area contributed by atoms with Crippen LogP contribution in [0.2, 0.25) is 0 Å². The van der Waals surface area contributed by atoms with Crippen LogP contribution >= 0.6 is 0 Å². The summed E-state index contributed by atoms with van der Waals surface area (Å²) in [5, 5.41) is 2.71. The van der Waals surface area contributed by atoms with Crippen molar-refractivity contribution in [3.63, 3.8) is 0 Å². The maximum Gasteiger partial charge on any atom is 0.331 e. The molecule has 0 aliphatic rings. The fourth-order valence-corrected chi connectivity index (χ4v) is 1.82. The van der Waals surface area contributed by atoms with E-state index in [2.05, 4.69) is 10.3 Å². The number of hydrogen-bond donors (Lipinski definition) is 1. The Bertz CT molecular complexity index is 685. The number of carbonyl (C=O) groups excluding carboxylic acids is 2. The summed E-state index contributed by atoms with van der Waals surface area (Å²) in [6.45, 7) is 6.04. The van der Waals surface area contributed by atoms with E-state index < -0.39 is 12.1 Å². The molecular formula is C17H20N2O4. The highest BCUT2D eigenvalue weighted by Crippen LogP contribution is 2.15. The summed E-state index contributed by atoms with van der Waals surface area (Å²) in [7, 11) is 0. The molecule has 1 amide bonds. The van der Waals surface area contributed by atoms with Gasteiger partial charge in [0.05, 0.1) is 0 Å². The second-order valence-electron chi connectivity index (χ2n) is 5.57. The fraction of sp³-hybridized carbons (Fsp3) is 0.353. The fourth-order valence-electron chi connectivity index (χ4n) is 1.82. The Labute approximate surface area is 134 Å². The molecule has 1 unspecified atom stereocenters. The van der Waals surface area contributed by atoms with Crippen LogP contribution in [0.1, 0.15) is 26.7 Å². The molecule has 0 fully saturated rings. The molecule has 0 bridgehead atoms. The number of benzene rings is 1. The second kappa shape index (κ2) is 7.58. The van der Waals surface area contributed by atoms with Crippen molar-refractivity contribution in [3.8, 4) is 0 Å². The third-order valence-corrected chi connectivity index (χ3v) is 3.02. The highest BCUT2D eigenvalue weighted by molar-refractivity contribution is 5.90. The first-order valence-corrected chi connectivity index (χ1v) is 7.47. The minimum absolute atomic E-state index is 0.306. The molecule has 1 N–H and O–H groups in total. The van der Waals surface area contributed by atoms with Crippen LogP contribution in [0.15, 0.2) is 34.8 Å². The summed E-state index contributed by atoms with van der Waals surface area (Å²) < 4.78 is 10.5. The zero-order chi connectivity index (χ0) is 16.8. The monoisotopic (exact) mass is 316 g/mol. The highest BCUT2D eigenvalue weighted by atomic mass is 16.5. The Hall–Kier alpha value is -2.63. The molecule has 0 radical (unpaired) electrons. The van der Waals surface area contributed by atoms with Gasteiger partial charge in [-0.2, -0.15) is 0 Å². The van der Waals surface area contributed by atoms with Crippen LogP contribution in [-0.2, 0) is 14.3 Å². The number of fused-ring (bicyclic) bond motifs is 1. The standard InChI is InChI=1S/C17H20N2O4/c1-11(2)10-18-17(21)12(3)22-16(20)9-8-15-19-13-6-4-5-7-14(13)23-15/h4-9,11-12H,10H2,1-3H3,(H,18,21)/b9-8+. The number of rotatable bonds is 6. The number of nitrogens with zero attached hydrogens (tertiary/aromatic N) is 1. The number of oxazole rings is 1. The Morgan fingerprint density at radius 2 is 2.04 bits per heavy atom. The van der Waals surface area contributed by atoms with Gasteiger partial charge in [0.25, 0.3) is 5.91 Å². The SMILES string of the molecule is CC(C)CNC(=O)C(C)OC(=O)/C=C/c1nc2ccccc2o1. The van der Waals surface area contributed by atoms with E-state index in [0.29, 0.717) is 29.5 Å². The van der Waals surface area contributed by atoms with Gasteiger partial charge in [0.1, 0.15) is 5.52 Å². The Morgan fingerprint density at radius 3 is 2.74 bits per heavy atom. The smallest absolute Gasteiger partial charge is 0.331 e. The normalized spacial score (nSPS) is 12.7. The van der Waals surface area contributed by atoms with E-state index >= 15 is 0 Å². The molecule has 1 heterocycles. The second-order valence-corrected chi connectivity index (χ2v) is 5.57. The van der Waals surface area contributed by atoms with Crippen LogP contribution in [0.5, 0.6) is 0 Å². The lowest BCUT2D eigenvalue weighted by molar-refractivity contribution is -0.150. The molecule has 0 aliphatic carbocycles. The molecule has 6 heteroatoms. The lowest BCUT2D eigenvalue weighted by Crippen LogP contribution is -2.37. The number of esters is 1. The van der Waals surface area contributed by atoms with Crippen LogP contribution in [0.25, 0.3) is 17.2 Å². The average Bonchev–Trinajstić information content (AvgIpc) is 2.93. The van der Waals surface area contributed by atoms with Crippen LogP contribution < -0.4 is 5.32 Å². The van der Waals surface area contributed by atoms with Gasteiger partial charge in [-0.05, 0) is 25.0 Å². The first kappa shape index (κ1) is 16.7. The van der Waals surface area contributed by atoms with Crippen LogP contribution in [0.4, 0.5) is 0 Å². The number of para-hydroxylation sites is 2. The molecule has 0 saturated heterocycles. The number of amides is 1. The number of hydrogen-bond acceptors (Lipinski definition) is 5. The molecule has 23 heavy (non-hydrogen) atoms. The van der Waals surface area contributed by atoms with Crippen molar-refractivity contribution in [1.82, 2.24) is 10.3 Å². The van der Waals surface area contributed by atoms with E-state index in [9.17, 15) is 9.59 Å². The number of carbonyl (C=O) groups is 2. The van der Waals surface area contributed by atoms with Crippen molar-refractivity contribution in [3.05, 3.63) is 36.2 Å². The lowest BCUT2D eigenvalue weighted by atomic mass is 10.2. The summed E-state index contributed by atoms with van der Waals surface area (Å²) in [5.41, 5.74) is 1.35. The molecule has 2 aromatic rings.